The zero-order chi connectivity index (χ0) is 6.69. The lowest BCUT2D eigenvalue weighted by Gasteiger charge is -1.92. The Morgan fingerprint density at radius 3 is 2.78 bits per heavy atom. The number of aromatic nitrogens is 3. The highest BCUT2D eigenvalue weighted by Gasteiger charge is 1.90. The number of aryl methyl sites for hydroxylation is 1. The van der Waals surface area contributed by atoms with Gasteiger partial charge in [-0.1, -0.05) is 0 Å². The second kappa shape index (κ2) is 2.77. The Kier molecular flexibility index (Phi) is 2.00. The summed E-state index contributed by atoms with van der Waals surface area (Å²) in [4.78, 5) is 11.7. The van der Waals surface area contributed by atoms with Crippen LogP contribution in [0.3, 0.4) is 0 Å². The van der Waals surface area contributed by atoms with Gasteiger partial charge in [0.05, 0.1) is 5.75 Å². The molecule has 0 spiro atoms. The summed E-state index contributed by atoms with van der Waals surface area (Å²) >= 11 is 4.00. The number of nitrogens with zero attached hydrogens (tertiary/aromatic N) is 3. The van der Waals surface area contributed by atoms with Gasteiger partial charge in [-0.3, -0.25) is 0 Å². The quantitative estimate of drug-likeness (QED) is 0.582. The molecule has 4 heteroatoms. The SMILES string of the molecule is Cc1ncnc(CS)n1. The minimum Gasteiger partial charge on any atom is -0.222 e. The largest absolute Gasteiger partial charge is 0.222 e. The van der Waals surface area contributed by atoms with E-state index in [0.29, 0.717) is 5.75 Å². The van der Waals surface area contributed by atoms with Gasteiger partial charge in [-0.05, 0) is 6.92 Å². The van der Waals surface area contributed by atoms with Crippen molar-refractivity contribution in [1.82, 2.24) is 15.0 Å². The van der Waals surface area contributed by atoms with Crippen molar-refractivity contribution in [3.63, 3.8) is 0 Å². The zero-order valence-corrected chi connectivity index (χ0v) is 5.97. The molecule has 0 unspecified atom stereocenters. The predicted octanol–water partition coefficient (Wildman–Crippen LogP) is 0.610. The fraction of sp³-hybridized carbons (Fsp3) is 0.400. The molecule has 1 aromatic heterocycles. The van der Waals surface area contributed by atoms with Gasteiger partial charge in [0.2, 0.25) is 0 Å². The molecule has 1 heterocycles. The van der Waals surface area contributed by atoms with Gasteiger partial charge in [0.15, 0.2) is 0 Å². The highest BCUT2D eigenvalue weighted by Crippen LogP contribution is 1.92. The third-order valence-electron chi connectivity index (χ3n) is 0.884. The first-order valence-corrected chi connectivity index (χ1v) is 3.21. The summed E-state index contributed by atoms with van der Waals surface area (Å²) < 4.78 is 0. The molecular formula is C5H7N3S. The van der Waals surface area contributed by atoms with E-state index in [1.54, 1.807) is 0 Å². The molecule has 0 aromatic carbocycles. The molecule has 0 aliphatic rings. The molecule has 1 aromatic rings. The molecule has 0 atom stereocenters. The summed E-state index contributed by atoms with van der Waals surface area (Å²) in [7, 11) is 0. The highest BCUT2D eigenvalue weighted by atomic mass is 32.1. The fourth-order valence-electron chi connectivity index (χ4n) is 0.500. The smallest absolute Gasteiger partial charge is 0.141 e. The molecule has 0 aliphatic carbocycles. The lowest BCUT2D eigenvalue weighted by molar-refractivity contribution is 0.912. The molecule has 0 saturated heterocycles. The molecule has 0 N–H and O–H groups in total. The molecule has 9 heavy (non-hydrogen) atoms. The van der Waals surface area contributed by atoms with Gasteiger partial charge in [0, 0.05) is 0 Å². The van der Waals surface area contributed by atoms with Crippen LogP contribution in [0.5, 0.6) is 0 Å². The Hall–Kier alpha value is -0.640. The van der Waals surface area contributed by atoms with Crippen molar-refractivity contribution in [3.8, 4) is 0 Å². The Bertz CT molecular complexity index is 201. The van der Waals surface area contributed by atoms with Crippen LogP contribution in [-0.2, 0) is 5.75 Å². The maximum Gasteiger partial charge on any atom is 0.141 e. The van der Waals surface area contributed by atoms with E-state index < -0.39 is 0 Å². The molecule has 48 valence electrons. The number of hydrogen-bond donors (Lipinski definition) is 1. The van der Waals surface area contributed by atoms with Crippen molar-refractivity contribution in [3.05, 3.63) is 18.0 Å². The van der Waals surface area contributed by atoms with Gasteiger partial charge in [-0.15, -0.1) is 0 Å². The summed E-state index contributed by atoms with van der Waals surface area (Å²) in [6.07, 6.45) is 1.49. The monoisotopic (exact) mass is 141 g/mol. The van der Waals surface area contributed by atoms with Crippen molar-refractivity contribution in [2.75, 3.05) is 0 Å². The molecule has 0 aliphatic heterocycles. The Labute approximate surface area is 59.0 Å². The lowest BCUT2D eigenvalue weighted by Crippen LogP contribution is -1.94. The Morgan fingerprint density at radius 2 is 2.33 bits per heavy atom. The van der Waals surface area contributed by atoms with Crippen molar-refractivity contribution in [1.29, 1.82) is 0 Å². The standard InChI is InChI=1S/C5H7N3S/c1-4-6-3-7-5(2-9)8-4/h3,9H,2H2,1H3. The van der Waals surface area contributed by atoms with Crippen LogP contribution in [0.1, 0.15) is 11.6 Å². The van der Waals surface area contributed by atoms with Crippen molar-refractivity contribution in [2.45, 2.75) is 12.7 Å². The predicted molar refractivity (Wildman–Crippen MR) is 37.3 cm³/mol. The van der Waals surface area contributed by atoms with Crippen LogP contribution in [0.15, 0.2) is 6.33 Å². The molecule has 0 saturated carbocycles. The Morgan fingerprint density at radius 1 is 1.56 bits per heavy atom. The van der Waals surface area contributed by atoms with Crippen LogP contribution < -0.4 is 0 Å². The van der Waals surface area contributed by atoms with Crippen LogP contribution in [0, 0.1) is 6.92 Å². The molecule has 0 amide bonds. The van der Waals surface area contributed by atoms with Gasteiger partial charge >= 0.3 is 0 Å². The lowest BCUT2D eigenvalue weighted by atomic mass is 10.6. The van der Waals surface area contributed by atoms with Gasteiger partial charge in [0.1, 0.15) is 18.0 Å². The van der Waals surface area contributed by atoms with E-state index in [4.69, 9.17) is 0 Å². The third-order valence-corrected chi connectivity index (χ3v) is 1.17. The molecule has 0 bridgehead atoms. The molecule has 1 rings (SSSR count). The van der Waals surface area contributed by atoms with Crippen LogP contribution >= 0.6 is 12.6 Å². The maximum atomic E-state index is 4.00. The number of thiol groups is 1. The summed E-state index contributed by atoms with van der Waals surface area (Å²) in [5, 5.41) is 0. The second-order valence-corrected chi connectivity index (χ2v) is 1.92. The van der Waals surface area contributed by atoms with Crippen molar-refractivity contribution >= 4 is 12.6 Å². The van der Waals surface area contributed by atoms with E-state index >= 15 is 0 Å². The average Bonchev–Trinajstić information content (AvgIpc) is 1.88. The van der Waals surface area contributed by atoms with Crippen molar-refractivity contribution < 1.29 is 0 Å². The fourth-order valence-corrected chi connectivity index (χ4v) is 0.652. The summed E-state index contributed by atoms with van der Waals surface area (Å²) in [6.45, 7) is 1.83. The number of hydrogen-bond acceptors (Lipinski definition) is 4. The van der Waals surface area contributed by atoms with Crippen LogP contribution in [0.25, 0.3) is 0 Å². The minimum absolute atomic E-state index is 0.573. The van der Waals surface area contributed by atoms with Crippen molar-refractivity contribution in [2.24, 2.45) is 0 Å². The first-order valence-electron chi connectivity index (χ1n) is 2.58. The highest BCUT2D eigenvalue weighted by molar-refractivity contribution is 7.79. The van der Waals surface area contributed by atoms with E-state index in [1.807, 2.05) is 6.92 Å². The van der Waals surface area contributed by atoms with Gasteiger partial charge in [-0.2, -0.15) is 12.6 Å². The van der Waals surface area contributed by atoms with Crippen LogP contribution in [0.4, 0.5) is 0 Å². The molecule has 0 radical (unpaired) electrons. The Balaban J connectivity index is 2.94. The van der Waals surface area contributed by atoms with Gasteiger partial charge < -0.3 is 0 Å². The van der Waals surface area contributed by atoms with E-state index in [-0.39, 0.29) is 0 Å². The normalized spacial score (nSPS) is 9.56. The van der Waals surface area contributed by atoms with Crippen LogP contribution in [-0.4, -0.2) is 15.0 Å². The summed E-state index contributed by atoms with van der Waals surface area (Å²) in [5.74, 6) is 2.04. The summed E-state index contributed by atoms with van der Waals surface area (Å²) in [6, 6.07) is 0. The minimum atomic E-state index is 0.573. The zero-order valence-electron chi connectivity index (χ0n) is 5.07. The molecule has 0 fully saturated rings. The van der Waals surface area contributed by atoms with E-state index in [2.05, 4.69) is 27.6 Å². The third kappa shape index (κ3) is 1.64. The van der Waals surface area contributed by atoms with Gasteiger partial charge in [0.25, 0.3) is 0 Å². The second-order valence-electron chi connectivity index (χ2n) is 1.61. The maximum absolute atomic E-state index is 4.00. The molecular weight excluding hydrogens is 134 g/mol. The van der Waals surface area contributed by atoms with Crippen LogP contribution in [0.2, 0.25) is 0 Å². The van der Waals surface area contributed by atoms with E-state index in [9.17, 15) is 0 Å². The first-order chi connectivity index (χ1) is 4.33. The average molecular weight is 141 g/mol. The summed E-state index contributed by atoms with van der Waals surface area (Å²) in [5.41, 5.74) is 0. The topological polar surface area (TPSA) is 38.7 Å². The first kappa shape index (κ1) is 6.48. The van der Waals surface area contributed by atoms with E-state index in [1.165, 1.54) is 6.33 Å². The number of rotatable bonds is 1. The van der Waals surface area contributed by atoms with E-state index in [0.717, 1.165) is 11.6 Å². The molecule has 3 nitrogen and oxygen atoms in total. The van der Waals surface area contributed by atoms with Gasteiger partial charge in [-0.25, -0.2) is 15.0 Å².